The van der Waals surface area contributed by atoms with E-state index in [0.29, 0.717) is 0 Å². The maximum absolute atomic E-state index is 2.44. The van der Waals surface area contributed by atoms with Crippen LogP contribution in [0.5, 0.6) is 0 Å². The van der Waals surface area contributed by atoms with Crippen LogP contribution in [-0.4, -0.2) is 16.1 Å². The monoisotopic (exact) mass is 524 g/mol. The lowest BCUT2D eigenvalue weighted by atomic mass is 9.88. The molecule has 0 spiro atoms. The molecule has 188 valence electrons. The second-order valence-electron chi connectivity index (χ2n) is 12.6. The molecule has 0 radical (unpaired) electrons. The zero-order chi connectivity index (χ0) is 26.7. The van der Waals surface area contributed by atoms with E-state index in [1.807, 2.05) is 0 Å². The van der Waals surface area contributed by atoms with Gasteiger partial charge in [0.1, 0.15) is 0 Å². The predicted octanol–water partition coefficient (Wildman–Crippen LogP) is 9.57. The molecule has 6 aromatic carbocycles. The molecule has 0 aliphatic rings. The van der Waals surface area contributed by atoms with Gasteiger partial charge in [-0.25, -0.2) is 0 Å². The van der Waals surface area contributed by atoms with Crippen molar-refractivity contribution in [3.63, 3.8) is 0 Å². The molecule has 0 nitrogen and oxygen atoms in total. The summed E-state index contributed by atoms with van der Waals surface area (Å²) >= 11 is 0. The Morgan fingerprint density at radius 1 is 0.289 bits per heavy atom. The molecule has 0 heterocycles. The normalized spacial score (nSPS) is 12.5. The fourth-order valence-corrected chi connectivity index (χ4v) is 9.36. The Labute approximate surface area is 229 Å². The summed E-state index contributed by atoms with van der Waals surface area (Å²) in [6, 6.07) is 41.2. The fraction of sp³-hybridized carbons (Fsp3) is 0.167. The van der Waals surface area contributed by atoms with Gasteiger partial charge in [0.15, 0.2) is 0 Å². The van der Waals surface area contributed by atoms with Gasteiger partial charge in [0.25, 0.3) is 0 Å². The average Bonchev–Trinajstić information content (AvgIpc) is 2.90. The van der Waals surface area contributed by atoms with E-state index in [0.717, 1.165) is 0 Å². The highest BCUT2D eigenvalue weighted by atomic mass is 28.3. The average molecular weight is 525 g/mol. The van der Waals surface area contributed by atoms with E-state index in [1.54, 1.807) is 0 Å². The van der Waals surface area contributed by atoms with E-state index in [2.05, 4.69) is 148 Å². The maximum atomic E-state index is 2.44. The molecule has 0 unspecified atom stereocenters. The summed E-state index contributed by atoms with van der Waals surface area (Å²) in [5.74, 6) is 0. The molecule has 6 aromatic rings. The van der Waals surface area contributed by atoms with Crippen LogP contribution in [0.4, 0.5) is 0 Å². The molecule has 0 atom stereocenters. The molecular weight excluding hydrogens is 489 g/mol. The molecule has 0 amide bonds. The highest BCUT2D eigenvalue weighted by Crippen LogP contribution is 2.40. The minimum atomic E-state index is -1.47. The Hall–Kier alpha value is -3.47. The number of benzene rings is 6. The van der Waals surface area contributed by atoms with Gasteiger partial charge in [-0.1, -0.05) is 159 Å². The third kappa shape index (κ3) is 4.13. The summed E-state index contributed by atoms with van der Waals surface area (Å²) in [4.78, 5) is 0. The van der Waals surface area contributed by atoms with Gasteiger partial charge in [-0.2, -0.15) is 0 Å². The zero-order valence-electron chi connectivity index (χ0n) is 23.4. The molecule has 38 heavy (non-hydrogen) atoms. The first-order valence-electron chi connectivity index (χ1n) is 13.7. The minimum absolute atomic E-state index is 1.31. The largest absolute Gasteiger partial charge is 0.0784 e. The molecule has 0 aliphatic carbocycles. The molecule has 0 aliphatic heterocycles. The van der Waals surface area contributed by atoms with Crippen molar-refractivity contribution in [1.82, 2.24) is 0 Å². The second kappa shape index (κ2) is 9.08. The van der Waals surface area contributed by atoms with Crippen LogP contribution in [-0.2, 0) is 0 Å². The van der Waals surface area contributed by atoms with Gasteiger partial charge in [0.05, 0.1) is 16.1 Å². The summed E-state index contributed by atoms with van der Waals surface area (Å²) in [5, 5.41) is 11.2. The number of hydrogen-bond donors (Lipinski definition) is 0. The van der Waals surface area contributed by atoms with E-state index in [9.17, 15) is 0 Å². The molecule has 6 rings (SSSR count). The summed E-state index contributed by atoms with van der Waals surface area (Å²) in [6.45, 7) is 14.6. The molecule has 0 N–H and O–H groups in total. The van der Waals surface area contributed by atoms with Crippen molar-refractivity contribution in [2.24, 2.45) is 0 Å². The highest BCUT2D eigenvalue weighted by molar-refractivity contribution is 6.91. The van der Waals surface area contributed by atoms with Gasteiger partial charge in [0, 0.05) is 0 Å². The minimum Gasteiger partial charge on any atom is -0.0656 e. The van der Waals surface area contributed by atoms with E-state index in [-0.39, 0.29) is 0 Å². The SMILES string of the molecule is C[Si](C)(C)c1ccc(-c2ccc(-c3ccc([Si](C)(C)C)c4ccccc34)c3ccccc23)c2ccccc12. The topological polar surface area (TPSA) is 0 Å². The molecule has 0 saturated carbocycles. The van der Waals surface area contributed by atoms with Crippen LogP contribution in [0, 0.1) is 0 Å². The second-order valence-corrected chi connectivity index (χ2v) is 22.7. The van der Waals surface area contributed by atoms with Crippen molar-refractivity contribution in [3.05, 3.63) is 109 Å². The summed E-state index contributed by atoms with van der Waals surface area (Å²) in [5.41, 5.74) is 5.27. The van der Waals surface area contributed by atoms with Gasteiger partial charge >= 0.3 is 0 Å². The van der Waals surface area contributed by atoms with Gasteiger partial charge in [-0.05, 0) is 54.6 Å². The third-order valence-corrected chi connectivity index (χ3v) is 12.1. The predicted molar refractivity (Wildman–Crippen MR) is 176 cm³/mol. The Morgan fingerprint density at radius 3 is 0.816 bits per heavy atom. The van der Waals surface area contributed by atoms with Crippen LogP contribution in [0.15, 0.2) is 109 Å². The van der Waals surface area contributed by atoms with Crippen LogP contribution < -0.4 is 10.4 Å². The maximum Gasteiger partial charge on any atom is 0.0784 e. The van der Waals surface area contributed by atoms with Gasteiger partial charge in [-0.15, -0.1) is 0 Å². The van der Waals surface area contributed by atoms with Crippen LogP contribution in [0.25, 0.3) is 54.6 Å². The lowest BCUT2D eigenvalue weighted by Crippen LogP contribution is -2.38. The van der Waals surface area contributed by atoms with Crippen LogP contribution in [0.3, 0.4) is 0 Å². The quantitative estimate of drug-likeness (QED) is 0.201. The van der Waals surface area contributed by atoms with E-state index in [1.165, 1.54) is 64.9 Å². The van der Waals surface area contributed by atoms with Crippen molar-refractivity contribution in [1.29, 1.82) is 0 Å². The highest BCUT2D eigenvalue weighted by Gasteiger charge is 2.23. The third-order valence-electron chi connectivity index (χ3n) is 7.97. The van der Waals surface area contributed by atoms with Gasteiger partial charge in [-0.3, -0.25) is 0 Å². The smallest absolute Gasteiger partial charge is 0.0656 e. The summed E-state index contributed by atoms with van der Waals surface area (Å²) < 4.78 is 0. The van der Waals surface area contributed by atoms with Gasteiger partial charge in [0.2, 0.25) is 0 Å². The molecule has 0 aromatic heterocycles. The van der Waals surface area contributed by atoms with Crippen LogP contribution in [0.2, 0.25) is 39.3 Å². The number of rotatable bonds is 4. The van der Waals surface area contributed by atoms with E-state index < -0.39 is 16.1 Å². The van der Waals surface area contributed by atoms with Crippen molar-refractivity contribution in [3.8, 4) is 22.3 Å². The molecule has 2 heteroatoms. The molecule has 0 fully saturated rings. The Bertz CT molecular complexity index is 1700. The Kier molecular flexibility index (Phi) is 5.93. The number of hydrogen-bond acceptors (Lipinski definition) is 0. The van der Waals surface area contributed by atoms with Gasteiger partial charge < -0.3 is 0 Å². The first kappa shape index (κ1) is 24.8. The zero-order valence-corrected chi connectivity index (χ0v) is 25.4. The van der Waals surface area contributed by atoms with Crippen molar-refractivity contribution >= 4 is 58.8 Å². The van der Waals surface area contributed by atoms with Crippen molar-refractivity contribution in [2.45, 2.75) is 39.3 Å². The first-order chi connectivity index (χ1) is 18.1. The lowest BCUT2D eigenvalue weighted by molar-refractivity contribution is 1.65. The van der Waals surface area contributed by atoms with E-state index in [4.69, 9.17) is 0 Å². The van der Waals surface area contributed by atoms with Crippen LogP contribution in [0.1, 0.15) is 0 Å². The fourth-order valence-electron chi connectivity index (χ4n) is 6.14. The van der Waals surface area contributed by atoms with Crippen molar-refractivity contribution < 1.29 is 0 Å². The summed E-state index contributed by atoms with van der Waals surface area (Å²) in [7, 11) is -2.94. The molecule has 0 bridgehead atoms. The standard InChI is InChI=1S/C36H36Si2/c1-37(2,3)35-23-21-31(27-15-9-11-17-33(27)35)29-19-20-30(26-14-8-7-13-25(26)29)32-22-24-36(38(4,5)6)34-18-12-10-16-28(32)34/h7-24H,1-6H3. The Morgan fingerprint density at radius 2 is 0.526 bits per heavy atom. The lowest BCUT2D eigenvalue weighted by Gasteiger charge is -2.22. The molecular formula is C36H36Si2. The number of fused-ring (bicyclic) bond motifs is 3. The summed E-state index contributed by atoms with van der Waals surface area (Å²) in [6.07, 6.45) is 0. The van der Waals surface area contributed by atoms with E-state index >= 15 is 0 Å². The van der Waals surface area contributed by atoms with Crippen LogP contribution >= 0.6 is 0 Å². The first-order valence-corrected chi connectivity index (χ1v) is 20.7. The molecule has 0 saturated heterocycles. The van der Waals surface area contributed by atoms with Crippen molar-refractivity contribution in [2.75, 3.05) is 0 Å². The Balaban J connectivity index is 1.62.